The van der Waals surface area contributed by atoms with Crippen molar-refractivity contribution in [3.63, 3.8) is 0 Å². The van der Waals surface area contributed by atoms with Gasteiger partial charge in [0, 0.05) is 18.8 Å². The average molecular weight is 263 g/mol. The Hall–Kier alpha value is -1.29. The Morgan fingerprint density at radius 1 is 1.47 bits per heavy atom. The van der Waals surface area contributed by atoms with Crippen LogP contribution in [0.3, 0.4) is 0 Å². The molecule has 1 aliphatic heterocycles. The summed E-state index contributed by atoms with van der Waals surface area (Å²) in [7, 11) is 0. The first-order valence-electron chi connectivity index (χ1n) is 7.40. The van der Waals surface area contributed by atoms with Crippen molar-refractivity contribution < 1.29 is 4.74 Å². The normalized spacial score (nSPS) is 20.2. The zero-order valence-electron chi connectivity index (χ0n) is 12.1. The van der Waals surface area contributed by atoms with Crippen LogP contribution in [0.25, 0.3) is 0 Å². The summed E-state index contributed by atoms with van der Waals surface area (Å²) < 4.78 is 5.74. The average Bonchev–Trinajstić information content (AvgIpc) is 2.46. The summed E-state index contributed by atoms with van der Waals surface area (Å²) in [5, 5.41) is 3.54. The molecule has 0 aromatic carbocycles. The maximum absolute atomic E-state index is 5.74. The molecule has 1 aromatic rings. The summed E-state index contributed by atoms with van der Waals surface area (Å²) in [4.78, 5) is 6.90. The first kappa shape index (κ1) is 14.1. The smallest absolute Gasteiger partial charge is 0.169 e. The number of pyridine rings is 1. The standard InChI is InChI=1S/C15H25N3O/c1-3-11-19-14-8-5-9-16-15(14)17-13-7-6-10-18(4-2)12-13/h5,8-9,13H,3-4,6-7,10-12H2,1-2H3,(H,16,17). The van der Waals surface area contributed by atoms with Crippen molar-refractivity contribution in [2.24, 2.45) is 0 Å². The number of nitrogens with one attached hydrogen (secondary N) is 1. The highest BCUT2D eigenvalue weighted by Gasteiger charge is 2.19. The van der Waals surface area contributed by atoms with E-state index in [9.17, 15) is 0 Å². The number of piperidine rings is 1. The minimum Gasteiger partial charge on any atom is -0.490 e. The summed E-state index contributed by atoms with van der Waals surface area (Å²) in [6.07, 6.45) is 5.30. The number of likely N-dealkylation sites (N-methyl/N-ethyl adjacent to an activating group) is 1. The highest BCUT2D eigenvalue weighted by molar-refractivity contribution is 5.50. The van der Waals surface area contributed by atoms with Crippen molar-refractivity contribution in [2.45, 2.75) is 39.2 Å². The SMILES string of the molecule is CCCOc1cccnc1NC1CCCN(CC)C1. The Labute approximate surface area is 116 Å². The molecule has 106 valence electrons. The van der Waals surface area contributed by atoms with E-state index in [-0.39, 0.29) is 0 Å². The van der Waals surface area contributed by atoms with E-state index >= 15 is 0 Å². The molecule has 0 saturated carbocycles. The molecule has 4 nitrogen and oxygen atoms in total. The van der Waals surface area contributed by atoms with Crippen molar-refractivity contribution in [3.8, 4) is 5.75 Å². The van der Waals surface area contributed by atoms with E-state index in [0.717, 1.165) is 37.7 Å². The van der Waals surface area contributed by atoms with Gasteiger partial charge in [0.05, 0.1) is 6.61 Å². The molecule has 1 N–H and O–H groups in total. The first-order chi connectivity index (χ1) is 9.33. The van der Waals surface area contributed by atoms with Crippen LogP contribution >= 0.6 is 0 Å². The lowest BCUT2D eigenvalue weighted by molar-refractivity contribution is 0.226. The highest BCUT2D eigenvalue weighted by Crippen LogP contribution is 2.23. The van der Waals surface area contributed by atoms with Crippen molar-refractivity contribution in [1.82, 2.24) is 9.88 Å². The molecule has 0 amide bonds. The first-order valence-corrected chi connectivity index (χ1v) is 7.40. The number of aromatic nitrogens is 1. The molecule has 1 aliphatic rings. The zero-order valence-corrected chi connectivity index (χ0v) is 12.1. The molecule has 2 heterocycles. The van der Waals surface area contributed by atoms with Gasteiger partial charge in [0.1, 0.15) is 0 Å². The van der Waals surface area contributed by atoms with Gasteiger partial charge < -0.3 is 15.0 Å². The van der Waals surface area contributed by atoms with Gasteiger partial charge in [-0.25, -0.2) is 4.98 Å². The third-order valence-corrected chi connectivity index (χ3v) is 3.53. The molecular formula is C15H25N3O. The molecular weight excluding hydrogens is 238 g/mol. The van der Waals surface area contributed by atoms with E-state index in [1.54, 1.807) is 0 Å². The van der Waals surface area contributed by atoms with E-state index < -0.39 is 0 Å². The second-order valence-corrected chi connectivity index (χ2v) is 5.08. The Morgan fingerprint density at radius 3 is 3.16 bits per heavy atom. The molecule has 0 bridgehead atoms. The van der Waals surface area contributed by atoms with E-state index in [4.69, 9.17) is 4.74 Å². The maximum Gasteiger partial charge on any atom is 0.169 e. The summed E-state index contributed by atoms with van der Waals surface area (Å²) in [5.41, 5.74) is 0. The van der Waals surface area contributed by atoms with Gasteiger partial charge in [-0.2, -0.15) is 0 Å². The molecule has 1 atom stereocenters. The molecule has 1 aromatic heterocycles. The zero-order chi connectivity index (χ0) is 13.5. The predicted octanol–water partition coefficient (Wildman–Crippen LogP) is 2.77. The number of likely N-dealkylation sites (tertiary alicyclic amines) is 1. The highest BCUT2D eigenvalue weighted by atomic mass is 16.5. The molecule has 0 spiro atoms. The summed E-state index contributed by atoms with van der Waals surface area (Å²) in [6.45, 7) is 8.52. The molecule has 0 aliphatic carbocycles. The summed E-state index contributed by atoms with van der Waals surface area (Å²) in [6, 6.07) is 4.40. The number of nitrogens with zero attached hydrogens (tertiary/aromatic N) is 2. The van der Waals surface area contributed by atoms with E-state index in [1.807, 2.05) is 18.3 Å². The number of hydrogen-bond donors (Lipinski definition) is 1. The van der Waals surface area contributed by atoms with Gasteiger partial charge in [0.2, 0.25) is 0 Å². The number of hydrogen-bond acceptors (Lipinski definition) is 4. The van der Waals surface area contributed by atoms with E-state index in [0.29, 0.717) is 6.04 Å². The van der Waals surface area contributed by atoms with Gasteiger partial charge in [-0.05, 0) is 44.5 Å². The molecule has 2 rings (SSSR count). The topological polar surface area (TPSA) is 37.4 Å². The Kier molecular flexibility index (Phi) is 5.45. The van der Waals surface area contributed by atoms with Crippen molar-refractivity contribution in [3.05, 3.63) is 18.3 Å². The largest absolute Gasteiger partial charge is 0.490 e. The van der Waals surface area contributed by atoms with Crippen LogP contribution < -0.4 is 10.1 Å². The number of ether oxygens (including phenoxy) is 1. The van der Waals surface area contributed by atoms with Gasteiger partial charge in [-0.3, -0.25) is 0 Å². The lowest BCUT2D eigenvalue weighted by Gasteiger charge is -2.32. The van der Waals surface area contributed by atoms with Gasteiger partial charge in [-0.15, -0.1) is 0 Å². The van der Waals surface area contributed by atoms with Crippen LogP contribution in [0, 0.1) is 0 Å². The van der Waals surface area contributed by atoms with Crippen LogP contribution in [0.5, 0.6) is 5.75 Å². The number of rotatable bonds is 6. The van der Waals surface area contributed by atoms with Gasteiger partial charge >= 0.3 is 0 Å². The van der Waals surface area contributed by atoms with Crippen LogP contribution in [0.15, 0.2) is 18.3 Å². The number of anilines is 1. The van der Waals surface area contributed by atoms with Crippen molar-refractivity contribution in [2.75, 3.05) is 31.6 Å². The Balaban J connectivity index is 1.97. The van der Waals surface area contributed by atoms with E-state index in [2.05, 4.69) is 29.0 Å². The van der Waals surface area contributed by atoms with Gasteiger partial charge in [-0.1, -0.05) is 13.8 Å². The van der Waals surface area contributed by atoms with Crippen LogP contribution in [-0.2, 0) is 0 Å². The molecule has 0 radical (unpaired) electrons. The second kappa shape index (κ2) is 7.34. The second-order valence-electron chi connectivity index (χ2n) is 5.08. The summed E-state index contributed by atoms with van der Waals surface area (Å²) >= 11 is 0. The van der Waals surface area contributed by atoms with Crippen LogP contribution in [0.1, 0.15) is 33.1 Å². The lowest BCUT2D eigenvalue weighted by Crippen LogP contribution is -2.42. The Morgan fingerprint density at radius 2 is 2.37 bits per heavy atom. The van der Waals surface area contributed by atoms with Gasteiger partial charge in [0.25, 0.3) is 0 Å². The van der Waals surface area contributed by atoms with Crippen LogP contribution in [0.2, 0.25) is 0 Å². The monoisotopic (exact) mass is 263 g/mol. The molecule has 1 unspecified atom stereocenters. The van der Waals surface area contributed by atoms with E-state index in [1.165, 1.54) is 19.4 Å². The lowest BCUT2D eigenvalue weighted by atomic mass is 10.1. The molecule has 1 saturated heterocycles. The van der Waals surface area contributed by atoms with Gasteiger partial charge in [0.15, 0.2) is 11.6 Å². The minimum absolute atomic E-state index is 0.479. The van der Waals surface area contributed by atoms with Crippen molar-refractivity contribution in [1.29, 1.82) is 0 Å². The van der Waals surface area contributed by atoms with Crippen molar-refractivity contribution >= 4 is 5.82 Å². The predicted molar refractivity (Wildman–Crippen MR) is 78.8 cm³/mol. The maximum atomic E-state index is 5.74. The molecule has 1 fully saturated rings. The third kappa shape index (κ3) is 4.10. The fourth-order valence-electron chi connectivity index (χ4n) is 2.48. The third-order valence-electron chi connectivity index (χ3n) is 3.53. The minimum atomic E-state index is 0.479. The molecule has 4 heteroatoms. The molecule has 19 heavy (non-hydrogen) atoms. The quantitative estimate of drug-likeness (QED) is 0.856. The fourth-order valence-corrected chi connectivity index (χ4v) is 2.48. The Bertz CT molecular complexity index is 383. The summed E-state index contributed by atoms with van der Waals surface area (Å²) in [5.74, 6) is 1.76. The fraction of sp³-hybridized carbons (Fsp3) is 0.667. The van der Waals surface area contributed by atoms with Crippen LogP contribution in [-0.4, -0.2) is 42.2 Å². The van der Waals surface area contributed by atoms with Crippen LogP contribution in [0.4, 0.5) is 5.82 Å².